The number of pyridine rings is 1. The van der Waals surface area contributed by atoms with Crippen LogP contribution in [0.5, 0.6) is 0 Å². The minimum absolute atomic E-state index is 0.0642. The smallest absolute Gasteiger partial charge is 0.300 e. The molecule has 1 rings (SSSR count). The lowest BCUT2D eigenvalue weighted by molar-refractivity contribution is -0.385. The van der Waals surface area contributed by atoms with Crippen molar-refractivity contribution in [1.82, 2.24) is 10.3 Å². The molecule has 19 heavy (non-hydrogen) atoms. The number of amides is 1. The van der Waals surface area contributed by atoms with E-state index in [4.69, 9.17) is 5.73 Å². The van der Waals surface area contributed by atoms with Gasteiger partial charge in [-0.3, -0.25) is 14.9 Å². The summed E-state index contributed by atoms with van der Waals surface area (Å²) in [6.45, 7) is 5.78. The number of anilines is 1. The van der Waals surface area contributed by atoms with E-state index in [-0.39, 0.29) is 17.1 Å². The predicted octanol–water partition coefficient (Wildman–Crippen LogP) is 1.88. The summed E-state index contributed by atoms with van der Waals surface area (Å²) in [6.07, 6.45) is 2.45. The lowest BCUT2D eigenvalue weighted by Crippen LogP contribution is -2.45. The Bertz CT molecular complexity index is 498. The third kappa shape index (κ3) is 3.40. The first-order chi connectivity index (χ1) is 8.83. The lowest BCUT2D eigenvalue weighted by Gasteiger charge is -2.28. The van der Waals surface area contributed by atoms with Crippen LogP contribution in [0, 0.1) is 10.1 Å². The van der Waals surface area contributed by atoms with Crippen LogP contribution >= 0.6 is 0 Å². The Balaban J connectivity index is 3.12. The van der Waals surface area contributed by atoms with Gasteiger partial charge < -0.3 is 11.1 Å². The van der Waals surface area contributed by atoms with Crippen LogP contribution in [0.3, 0.4) is 0 Å². The van der Waals surface area contributed by atoms with E-state index in [1.165, 1.54) is 6.07 Å². The fourth-order valence-corrected chi connectivity index (χ4v) is 1.56. The average Bonchev–Trinajstić information content (AvgIpc) is 2.38. The number of nitrogens with zero attached hydrogens (tertiary/aromatic N) is 2. The molecule has 0 aliphatic rings. The SMILES string of the molecule is CCC(C)(CC)NC(=O)c1cc(N)ncc1[N+](=O)[O-]. The molecule has 104 valence electrons. The summed E-state index contributed by atoms with van der Waals surface area (Å²) < 4.78 is 0. The number of carbonyl (C=O) groups excluding carboxylic acids is 1. The van der Waals surface area contributed by atoms with Crippen LogP contribution in [0.1, 0.15) is 44.0 Å². The van der Waals surface area contributed by atoms with E-state index >= 15 is 0 Å². The Morgan fingerprint density at radius 1 is 1.53 bits per heavy atom. The molecule has 0 saturated carbocycles. The van der Waals surface area contributed by atoms with Crippen molar-refractivity contribution < 1.29 is 9.72 Å². The van der Waals surface area contributed by atoms with Crippen LogP contribution in [0.25, 0.3) is 0 Å². The minimum atomic E-state index is -0.642. The molecular formula is C12H18N4O3. The molecule has 0 unspecified atom stereocenters. The number of rotatable bonds is 5. The third-order valence-electron chi connectivity index (χ3n) is 3.32. The molecule has 0 aliphatic heterocycles. The Labute approximate surface area is 111 Å². The average molecular weight is 266 g/mol. The van der Waals surface area contributed by atoms with Crippen LogP contribution in [-0.2, 0) is 0 Å². The molecule has 0 aliphatic carbocycles. The largest absolute Gasteiger partial charge is 0.384 e. The summed E-state index contributed by atoms with van der Waals surface area (Å²) in [5.74, 6) is -0.433. The molecule has 1 aromatic heterocycles. The third-order valence-corrected chi connectivity index (χ3v) is 3.32. The van der Waals surface area contributed by atoms with Crippen molar-refractivity contribution in [1.29, 1.82) is 0 Å². The molecule has 1 aromatic rings. The molecule has 0 aromatic carbocycles. The van der Waals surface area contributed by atoms with E-state index in [1.807, 2.05) is 20.8 Å². The van der Waals surface area contributed by atoms with Crippen LogP contribution in [0.2, 0.25) is 0 Å². The second kappa shape index (κ2) is 5.64. The molecule has 7 nitrogen and oxygen atoms in total. The highest BCUT2D eigenvalue weighted by molar-refractivity contribution is 5.99. The van der Waals surface area contributed by atoms with Gasteiger partial charge in [0.1, 0.15) is 17.6 Å². The van der Waals surface area contributed by atoms with Gasteiger partial charge >= 0.3 is 0 Å². The Morgan fingerprint density at radius 2 is 2.11 bits per heavy atom. The predicted molar refractivity (Wildman–Crippen MR) is 71.8 cm³/mol. The van der Waals surface area contributed by atoms with Crippen LogP contribution < -0.4 is 11.1 Å². The van der Waals surface area contributed by atoms with E-state index in [9.17, 15) is 14.9 Å². The standard InChI is InChI=1S/C12H18N4O3/c1-4-12(3,5-2)15-11(17)8-6-10(13)14-7-9(8)16(18)19/h6-7H,4-5H2,1-3H3,(H2,13,14)(H,15,17). The first-order valence-corrected chi connectivity index (χ1v) is 6.05. The van der Waals surface area contributed by atoms with E-state index in [0.717, 1.165) is 19.0 Å². The number of hydrogen-bond donors (Lipinski definition) is 2. The van der Waals surface area contributed by atoms with Gasteiger partial charge in [0.2, 0.25) is 0 Å². The minimum Gasteiger partial charge on any atom is -0.384 e. The first-order valence-electron chi connectivity index (χ1n) is 6.05. The molecule has 1 amide bonds. The number of carbonyl (C=O) groups is 1. The van der Waals surface area contributed by atoms with Gasteiger partial charge in [0, 0.05) is 5.54 Å². The van der Waals surface area contributed by atoms with E-state index in [1.54, 1.807) is 0 Å². The molecule has 0 saturated heterocycles. The highest BCUT2D eigenvalue weighted by atomic mass is 16.6. The second-order valence-corrected chi connectivity index (χ2v) is 4.61. The number of aromatic nitrogens is 1. The molecule has 0 spiro atoms. The lowest BCUT2D eigenvalue weighted by atomic mass is 9.95. The maximum Gasteiger partial charge on any atom is 0.300 e. The summed E-state index contributed by atoms with van der Waals surface area (Å²) >= 11 is 0. The van der Waals surface area contributed by atoms with Crippen molar-refractivity contribution in [3.63, 3.8) is 0 Å². The van der Waals surface area contributed by atoms with Gasteiger partial charge in [0.05, 0.1) is 4.92 Å². The van der Waals surface area contributed by atoms with Crippen LogP contribution in [-0.4, -0.2) is 21.4 Å². The van der Waals surface area contributed by atoms with Gasteiger partial charge in [0.15, 0.2) is 0 Å². The van der Waals surface area contributed by atoms with Gasteiger partial charge in [-0.05, 0) is 25.8 Å². The monoisotopic (exact) mass is 266 g/mol. The highest BCUT2D eigenvalue weighted by Crippen LogP contribution is 2.21. The van der Waals surface area contributed by atoms with E-state index < -0.39 is 16.4 Å². The maximum absolute atomic E-state index is 12.2. The van der Waals surface area contributed by atoms with Crippen molar-refractivity contribution in [3.05, 3.63) is 27.9 Å². The summed E-state index contributed by atoms with van der Waals surface area (Å²) in [5.41, 5.74) is 4.67. The number of hydrogen-bond acceptors (Lipinski definition) is 5. The number of nitrogen functional groups attached to an aromatic ring is 1. The zero-order valence-electron chi connectivity index (χ0n) is 11.3. The Morgan fingerprint density at radius 3 is 2.58 bits per heavy atom. The quantitative estimate of drug-likeness (QED) is 0.624. The second-order valence-electron chi connectivity index (χ2n) is 4.61. The molecule has 0 fully saturated rings. The normalized spacial score (nSPS) is 11.1. The first kappa shape index (κ1) is 14.9. The zero-order chi connectivity index (χ0) is 14.6. The zero-order valence-corrected chi connectivity index (χ0v) is 11.3. The number of nitrogens with two attached hydrogens (primary N) is 1. The fourth-order valence-electron chi connectivity index (χ4n) is 1.56. The van der Waals surface area contributed by atoms with Crippen molar-refractivity contribution in [2.24, 2.45) is 0 Å². The summed E-state index contributed by atoms with van der Waals surface area (Å²) in [4.78, 5) is 26.0. The Hall–Kier alpha value is -2.18. The van der Waals surface area contributed by atoms with E-state index in [2.05, 4.69) is 10.3 Å². The van der Waals surface area contributed by atoms with Crippen molar-refractivity contribution in [2.45, 2.75) is 39.2 Å². The molecule has 0 atom stereocenters. The van der Waals surface area contributed by atoms with Gasteiger partial charge in [-0.1, -0.05) is 13.8 Å². The van der Waals surface area contributed by atoms with Gasteiger partial charge in [-0.25, -0.2) is 4.98 Å². The van der Waals surface area contributed by atoms with Crippen LogP contribution in [0.15, 0.2) is 12.3 Å². The van der Waals surface area contributed by atoms with Gasteiger partial charge in [-0.15, -0.1) is 0 Å². The highest BCUT2D eigenvalue weighted by Gasteiger charge is 2.27. The van der Waals surface area contributed by atoms with Gasteiger partial charge in [0.25, 0.3) is 11.6 Å². The summed E-state index contributed by atoms with van der Waals surface area (Å²) in [6, 6.07) is 1.22. The number of nitro groups is 1. The van der Waals surface area contributed by atoms with Gasteiger partial charge in [-0.2, -0.15) is 0 Å². The van der Waals surface area contributed by atoms with Crippen LogP contribution in [0.4, 0.5) is 11.5 Å². The number of nitrogens with one attached hydrogen (secondary N) is 1. The molecule has 7 heteroatoms. The molecule has 0 radical (unpaired) electrons. The summed E-state index contributed by atoms with van der Waals surface area (Å²) in [5, 5.41) is 13.7. The van der Waals surface area contributed by atoms with E-state index in [0.29, 0.717) is 0 Å². The molecule has 3 N–H and O–H groups in total. The van der Waals surface area contributed by atoms with Crippen molar-refractivity contribution >= 4 is 17.4 Å². The molecular weight excluding hydrogens is 248 g/mol. The topological polar surface area (TPSA) is 111 Å². The maximum atomic E-state index is 12.2. The summed E-state index contributed by atoms with van der Waals surface area (Å²) in [7, 11) is 0. The fraction of sp³-hybridized carbons (Fsp3) is 0.500. The van der Waals surface area contributed by atoms with Crippen molar-refractivity contribution in [2.75, 3.05) is 5.73 Å². The molecule has 1 heterocycles. The molecule has 0 bridgehead atoms. The Kier molecular flexibility index (Phi) is 4.42. The van der Waals surface area contributed by atoms with Crippen molar-refractivity contribution in [3.8, 4) is 0 Å².